The minimum absolute atomic E-state index is 0.175. The Bertz CT molecular complexity index is 490. The number of hydrogen-bond donors (Lipinski definition) is 1. The minimum Gasteiger partial charge on any atom is -0.375 e. The Hall–Kier alpha value is -0.900. The Morgan fingerprint density at radius 3 is 2.95 bits per heavy atom. The molecular weight excluding hydrogens is 250 g/mol. The highest BCUT2D eigenvalue weighted by Gasteiger charge is 2.44. The maximum atomic E-state index is 6.49. The SMILES string of the molecule is NC(CC1OCCc2ccccc21)C1CC2CCC1O2. The van der Waals surface area contributed by atoms with Crippen molar-refractivity contribution in [2.75, 3.05) is 6.61 Å². The summed E-state index contributed by atoms with van der Waals surface area (Å²) in [5, 5.41) is 0. The maximum absolute atomic E-state index is 6.49. The smallest absolute Gasteiger partial charge is 0.0842 e. The molecule has 2 fully saturated rings. The van der Waals surface area contributed by atoms with Gasteiger partial charge < -0.3 is 15.2 Å². The largest absolute Gasteiger partial charge is 0.375 e. The monoisotopic (exact) mass is 273 g/mol. The number of benzene rings is 1. The zero-order valence-corrected chi connectivity index (χ0v) is 11.8. The van der Waals surface area contributed by atoms with Crippen LogP contribution in [0, 0.1) is 5.92 Å². The van der Waals surface area contributed by atoms with Crippen LogP contribution >= 0.6 is 0 Å². The van der Waals surface area contributed by atoms with Crippen molar-refractivity contribution in [2.45, 2.75) is 56.5 Å². The molecular formula is C17H23NO2. The van der Waals surface area contributed by atoms with Gasteiger partial charge in [0.1, 0.15) is 0 Å². The predicted molar refractivity (Wildman–Crippen MR) is 77.4 cm³/mol. The van der Waals surface area contributed by atoms with Crippen LogP contribution in [-0.4, -0.2) is 24.9 Å². The molecule has 2 N–H and O–H groups in total. The van der Waals surface area contributed by atoms with E-state index in [0.29, 0.717) is 18.1 Å². The molecule has 0 amide bonds. The van der Waals surface area contributed by atoms with Gasteiger partial charge >= 0.3 is 0 Å². The first-order chi connectivity index (χ1) is 9.81. The second kappa shape index (κ2) is 5.14. The van der Waals surface area contributed by atoms with E-state index in [0.717, 1.165) is 25.9 Å². The second-order valence-electron chi connectivity index (χ2n) is 6.48. The molecule has 0 saturated carbocycles. The van der Waals surface area contributed by atoms with E-state index in [1.165, 1.54) is 24.0 Å². The highest BCUT2D eigenvalue weighted by Crippen LogP contribution is 2.42. The van der Waals surface area contributed by atoms with Gasteiger partial charge in [0.2, 0.25) is 0 Å². The normalized spacial score (nSPS) is 36.9. The molecule has 3 heterocycles. The van der Waals surface area contributed by atoms with Crippen molar-refractivity contribution < 1.29 is 9.47 Å². The van der Waals surface area contributed by atoms with E-state index >= 15 is 0 Å². The van der Waals surface area contributed by atoms with E-state index in [1.807, 2.05) is 0 Å². The lowest BCUT2D eigenvalue weighted by atomic mass is 9.81. The van der Waals surface area contributed by atoms with Crippen molar-refractivity contribution in [3.05, 3.63) is 35.4 Å². The number of fused-ring (bicyclic) bond motifs is 3. The van der Waals surface area contributed by atoms with Gasteiger partial charge in [-0.05, 0) is 43.2 Å². The molecule has 2 bridgehead atoms. The molecule has 4 rings (SSSR count). The molecule has 3 nitrogen and oxygen atoms in total. The van der Waals surface area contributed by atoms with Gasteiger partial charge in [-0.2, -0.15) is 0 Å². The number of hydrogen-bond acceptors (Lipinski definition) is 3. The van der Waals surface area contributed by atoms with Crippen LogP contribution in [0.3, 0.4) is 0 Å². The van der Waals surface area contributed by atoms with Gasteiger partial charge in [-0.25, -0.2) is 0 Å². The molecule has 0 aromatic heterocycles. The number of ether oxygens (including phenoxy) is 2. The molecule has 3 aliphatic rings. The number of nitrogens with two attached hydrogens (primary N) is 1. The number of rotatable bonds is 3. The van der Waals surface area contributed by atoms with Gasteiger partial charge in [-0.15, -0.1) is 0 Å². The van der Waals surface area contributed by atoms with E-state index in [4.69, 9.17) is 15.2 Å². The highest BCUT2D eigenvalue weighted by atomic mass is 16.5. The van der Waals surface area contributed by atoms with Gasteiger partial charge in [0.25, 0.3) is 0 Å². The van der Waals surface area contributed by atoms with Crippen molar-refractivity contribution in [3.63, 3.8) is 0 Å². The molecule has 1 aromatic rings. The average Bonchev–Trinajstić information content (AvgIpc) is 3.10. The summed E-state index contributed by atoms with van der Waals surface area (Å²) in [5.74, 6) is 0.534. The average molecular weight is 273 g/mol. The van der Waals surface area contributed by atoms with Crippen molar-refractivity contribution in [2.24, 2.45) is 11.7 Å². The zero-order valence-electron chi connectivity index (χ0n) is 11.8. The first-order valence-corrected chi connectivity index (χ1v) is 7.91. The standard InChI is InChI=1S/C17H23NO2/c18-15(14-9-12-5-6-16(14)20-12)10-17-13-4-2-1-3-11(13)7-8-19-17/h1-4,12,14-17H,5-10,18H2. The van der Waals surface area contributed by atoms with E-state index in [1.54, 1.807) is 0 Å². The van der Waals surface area contributed by atoms with Crippen LogP contribution in [0.5, 0.6) is 0 Å². The third-order valence-corrected chi connectivity index (χ3v) is 5.28. The van der Waals surface area contributed by atoms with Crippen LogP contribution < -0.4 is 5.73 Å². The summed E-state index contributed by atoms with van der Waals surface area (Å²) >= 11 is 0. The first kappa shape index (κ1) is 12.8. The molecule has 0 aliphatic carbocycles. The third kappa shape index (κ3) is 2.18. The lowest BCUT2D eigenvalue weighted by Gasteiger charge is -2.31. The molecule has 2 saturated heterocycles. The molecule has 0 radical (unpaired) electrons. The Morgan fingerprint density at radius 2 is 2.15 bits per heavy atom. The summed E-state index contributed by atoms with van der Waals surface area (Å²) < 4.78 is 11.9. The topological polar surface area (TPSA) is 44.5 Å². The molecule has 1 aromatic carbocycles. The summed E-state index contributed by atoms with van der Waals surface area (Å²) in [6.45, 7) is 0.821. The maximum Gasteiger partial charge on any atom is 0.0842 e. The van der Waals surface area contributed by atoms with Crippen molar-refractivity contribution in [3.8, 4) is 0 Å². The second-order valence-corrected chi connectivity index (χ2v) is 6.48. The summed E-state index contributed by atoms with van der Waals surface area (Å²) in [6, 6.07) is 8.83. The van der Waals surface area contributed by atoms with Crippen molar-refractivity contribution >= 4 is 0 Å². The summed E-state index contributed by atoms with van der Waals surface area (Å²) in [4.78, 5) is 0. The van der Waals surface area contributed by atoms with Gasteiger partial charge in [0.15, 0.2) is 0 Å². The van der Waals surface area contributed by atoms with E-state index < -0.39 is 0 Å². The van der Waals surface area contributed by atoms with Crippen LogP contribution in [0.15, 0.2) is 24.3 Å². The molecule has 5 unspecified atom stereocenters. The van der Waals surface area contributed by atoms with Crippen LogP contribution in [0.1, 0.15) is 42.9 Å². The predicted octanol–water partition coefficient (Wildman–Crippen LogP) is 2.59. The molecule has 5 atom stereocenters. The summed E-state index contributed by atoms with van der Waals surface area (Å²) in [5.41, 5.74) is 9.27. The molecule has 3 heteroatoms. The summed E-state index contributed by atoms with van der Waals surface area (Å²) in [7, 11) is 0. The zero-order chi connectivity index (χ0) is 13.5. The van der Waals surface area contributed by atoms with Crippen molar-refractivity contribution in [1.29, 1.82) is 0 Å². The fraction of sp³-hybridized carbons (Fsp3) is 0.647. The van der Waals surface area contributed by atoms with Gasteiger partial charge in [0, 0.05) is 12.0 Å². The molecule has 108 valence electrons. The Balaban J connectivity index is 1.47. The Morgan fingerprint density at radius 1 is 1.25 bits per heavy atom. The Kier molecular flexibility index (Phi) is 3.29. The van der Waals surface area contributed by atoms with Crippen molar-refractivity contribution in [1.82, 2.24) is 0 Å². The third-order valence-electron chi connectivity index (χ3n) is 5.28. The highest BCUT2D eigenvalue weighted by molar-refractivity contribution is 5.31. The lowest BCUT2D eigenvalue weighted by molar-refractivity contribution is 0.0231. The van der Waals surface area contributed by atoms with Crippen LogP contribution in [-0.2, 0) is 15.9 Å². The van der Waals surface area contributed by atoms with Crippen LogP contribution in [0.2, 0.25) is 0 Å². The van der Waals surface area contributed by atoms with E-state index in [9.17, 15) is 0 Å². The fourth-order valence-corrected chi connectivity index (χ4v) is 4.22. The first-order valence-electron chi connectivity index (χ1n) is 7.91. The van der Waals surface area contributed by atoms with E-state index in [2.05, 4.69) is 24.3 Å². The molecule has 0 spiro atoms. The van der Waals surface area contributed by atoms with E-state index in [-0.39, 0.29) is 12.1 Å². The lowest BCUT2D eigenvalue weighted by Crippen LogP contribution is -2.38. The van der Waals surface area contributed by atoms with Gasteiger partial charge in [-0.1, -0.05) is 24.3 Å². The minimum atomic E-state index is 0.175. The summed E-state index contributed by atoms with van der Waals surface area (Å²) in [6.07, 6.45) is 6.61. The Labute approximate surface area is 120 Å². The molecule has 3 aliphatic heterocycles. The van der Waals surface area contributed by atoms with Crippen LogP contribution in [0.4, 0.5) is 0 Å². The quantitative estimate of drug-likeness (QED) is 0.920. The van der Waals surface area contributed by atoms with Crippen LogP contribution in [0.25, 0.3) is 0 Å². The molecule has 20 heavy (non-hydrogen) atoms. The fourth-order valence-electron chi connectivity index (χ4n) is 4.22. The van der Waals surface area contributed by atoms with Gasteiger partial charge in [0.05, 0.1) is 24.9 Å². The van der Waals surface area contributed by atoms with Gasteiger partial charge in [-0.3, -0.25) is 0 Å².